The van der Waals surface area contributed by atoms with Crippen molar-refractivity contribution in [1.29, 1.82) is 0 Å². The normalized spacial score (nSPS) is 19.7. The molecular weight excluding hydrogens is 206 g/mol. The Balaban J connectivity index is 1.89. The number of rotatable bonds is 5. The van der Waals surface area contributed by atoms with Gasteiger partial charge in [-0.05, 0) is 23.3 Å². The molecule has 1 aliphatic heterocycles. The molecule has 6 heteroatoms. The second-order valence-electron chi connectivity index (χ2n) is 4.54. The molecule has 6 nitrogen and oxygen atoms in total. The van der Waals surface area contributed by atoms with Crippen LogP contribution in [-0.2, 0) is 13.1 Å². The Labute approximate surface area is 95.2 Å². The minimum atomic E-state index is -0.483. The number of tetrazole rings is 1. The summed E-state index contributed by atoms with van der Waals surface area (Å²) in [6, 6.07) is 0. The molecule has 90 valence electrons. The Hall–Kier alpha value is -1.01. The predicted molar refractivity (Wildman–Crippen MR) is 58.6 cm³/mol. The van der Waals surface area contributed by atoms with Gasteiger partial charge in [0.15, 0.2) is 5.82 Å². The van der Waals surface area contributed by atoms with Gasteiger partial charge in [0, 0.05) is 19.6 Å². The van der Waals surface area contributed by atoms with Crippen LogP contribution in [0.5, 0.6) is 0 Å². The molecular formula is C10H19N5O. The Bertz CT molecular complexity index is 345. The van der Waals surface area contributed by atoms with Crippen molar-refractivity contribution < 1.29 is 5.11 Å². The summed E-state index contributed by atoms with van der Waals surface area (Å²) in [4.78, 5) is 2.17. The average molecular weight is 225 g/mol. The molecule has 0 radical (unpaired) electrons. The molecule has 2 rings (SSSR count). The zero-order valence-electron chi connectivity index (χ0n) is 9.93. The highest BCUT2D eigenvalue weighted by Crippen LogP contribution is 2.24. The van der Waals surface area contributed by atoms with Gasteiger partial charge < -0.3 is 5.11 Å². The quantitative estimate of drug-likeness (QED) is 0.766. The molecule has 0 spiro atoms. The summed E-state index contributed by atoms with van der Waals surface area (Å²) in [6.45, 7) is 7.15. The summed E-state index contributed by atoms with van der Waals surface area (Å²) in [5, 5.41) is 21.5. The number of nitrogens with zero attached hydrogens (tertiary/aromatic N) is 5. The number of likely N-dealkylation sites (tertiary alicyclic amines) is 1. The van der Waals surface area contributed by atoms with Crippen LogP contribution in [-0.4, -0.2) is 48.9 Å². The van der Waals surface area contributed by atoms with Crippen LogP contribution in [0.4, 0.5) is 0 Å². The molecule has 1 aliphatic rings. The highest BCUT2D eigenvalue weighted by molar-refractivity contribution is 4.96. The summed E-state index contributed by atoms with van der Waals surface area (Å²) in [5.74, 6) is 0.889. The Morgan fingerprint density at radius 3 is 2.75 bits per heavy atom. The molecule has 1 aromatic heterocycles. The maximum Gasteiger partial charge on any atom is 0.165 e. The maximum absolute atomic E-state index is 9.89. The lowest BCUT2D eigenvalue weighted by Crippen LogP contribution is -2.60. The number of hydrogen-bond acceptors (Lipinski definition) is 5. The molecule has 16 heavy (non-hydrogen) atoms. The third-order valence-electron chi connectivity index (χ3n) is 3.10. The standard InChI is InChI=1S/C10H19N5O/c1-3-5-15-9(11-12-13-15)6-14-7-10(16,4-2)8-14/h16H,3-8H2,1-2H3. The number of aryl methyl sites for hydroxylation is 1. The smallest absolute Gasteiger partial charge is 0.165 e. The highest BCUT2D eigenvalue weighted by atomic mass is 16.3. The van der Waals surface area contributed by atoms with E-state index < -0.39 is 5.60 Å². The maximum atomic E-state index is 9.89. The van der Waals surface area contributed by atoms with E-state index in [9.17, 15) is 5.11 Å². The van der Waals surface area contributed by atoms with Crippen molar-refractivity contribution in [2.45, 2.75) is 45.4 Å². The van der Waals surface area contributed by atoms with Crippen molar-refractivity contribution in [1.82, 2.24) is 25.1 Å². The first-order valence-corrected chi connectivity index (χ1v) is 5.86. The van der Waals surface area contributed by atoms with E-state index in [1.165, 1.54) is 0 Å². The van der Waals surface area contributed by atoms with Crippen LogP contribution in [0, 0.1) is 0 Å². The van der Waals surface area contributed by atoms with Gasteiger partial charge in [0.05, 0.1) is 12.1 Å². The fourth-order valence-corrected chi connectivity index (χ4v) is 2.04. The molecule has 2 heterocycles. The van der Waals surface area contributed by atoms with Crippen LogP contribution in [0.2, 0.25) is 0 Å². The minimum Gasteiger partial charge on any atom is -0.387 e. The van der Waals surface area contributed by atoms with E-state index in [4.69, 9.17) is 0 Å². The molecule has 0 bridgehead atoms. The molecule has 1 fully saturated rings. The number of aromatic nitrogens is 4. The SMILES string of the molecule is CCCn1nnnc1CN1CC(O)(CC)C1. The third-order valence-corrected chi connectivity index (χ3v) is 3.10. The fourth-order valence-electron chi connectivity index (χ4n) is 2.04. The van der Waals surface area contributed by atoms with E-state index in [2.05, 4.69) is 27.3 Å². The second kappa shape index (κ2) is 4.47. The molecule has 0 aromatic carbocycles. The molecule has 0 aliphatic carbocycles. The Morgan fingerprint density at radius 2 is 2.12 bits per heavy atom. The van der Waals surface area contributed by atoms with Gasteiger partial charge in [0.2, 0.25) is 0 Å². The molecule has 0 atom stereocenters. The Morgan fingerprint density at radius 1 is 1.38 bits per heavy atom. The molecule has 1 aromatic rings. The van der Waals surface area contributed by atoms with E-state index in [1.807, 2.05) is 11.6 Å². The lowest BCUT2D eigenvalue weighted by atomic mass is 9.91. The van der Waals surface area contributed by atoms with Gasteiger partial charge in [0.1, 0.15) is 0 Å². The van der Waals surface area contributed by atoms with E-state index in [-0.39, 0.29) is 0 Å². The number of β-amino-alcohol motifs (C(OH)–C–C–N with tert-alkyl or cyclic N) is 1. The van der Waals surface area contributed by atoms with Crippen LogP contribution in [0.1, 0.15) is 32.5 Å². The van der Waals surface area contributed by atoms with E-state index in [0.717, 1.165) is 44.8 Å². The largest absolute Gasteiger partial charge is 0.387 e. The molecule has 0 saturated carbocycles. The summed E-state index contributed by atoms with van der Waals surface area (Å²) in [6.07, 6.45) is 1.83. The van der Waals surface area contributed by atoms with Crippen molar-refractivity contribution in [3.8, 4) is 0 Å². The summed E-state index contributed by atoms with van der Waals surface area (Å²) >= 11 is 0. The van der Waals surface area contributed by atoms with Gasteiger partial charge >= 0.3 is 0 Å². The van der Waals surface area contributed by atoms with Gasteiger partial charge in [-0.15, -0.1) is 5.10 Å². The number of aliphatic hydroxyl groups is 1. The second-order valence-corrected chi connectivity index (χ2v) is 4.54. The first-order valence-electron chi connectivity index (χ1n) is 5.86. The zero-order valence-corrected chi connectivity index (χ0v) is 9.93. The monoisotopic (exact) mass is 225 g/mol. The van der Waals surface area contributed by atoms with Crippen LogP contribution in [0.3, 0.4) is 0 Å². The average Bonchev–Trinajstić information content (AvgIpc) is 2.64. The van der Waals surface area contributed by atoms with Crippen molar-refractivity contribution in [2.75, 3.05) is 13.1 Å². The lowest BCUT2D eigenvalue weighted by molar-refractivity contribution is -0.104. The molecule has 1 saturated heterocycles. The van der Waals surface area contributed by atoms with E-state index in [1.54, 1.807) is 0 Å². The fraction of sp³-hybridized carbons (Fsp3) is 0.900. The Kier molecular flexibility index (Phi) is 3.20. The van der Waals surface area contributed by atoms with Crippen LogP contribution in [0.25, 0.3) is 0 Å². The van der Waals surface area contributed by atoms with Crippen molar-refractivity contribution in [2.24, 2.45) is 0 Å². The molecule has 1 N–H and O–H groups in total. The predicted octanol–water partition coefficient (Wildman–Crippen LogP) is 0.0398. The van der Waals surface area contributed by atoms with Gasteiger partial charge in [-0.2, -0.15) is 0 Å². The number of hydrogen-bond donors (Lipinski definition) is 1. The van der Waals surface area contributed by atoms with Crippen LogP contribution >= 0.6 is 0 Å². The minimum absolute atomic E-state index is 0.483. The van der Waals surface area contributed by atoms with E-state index >= 15 is 0 Å². The highest BCUT2D eigenvalue weighted by Gasteiger charge is 2.39. The van der Waals surface area contributed by atoms with Crippen molar-refractivity contribution >= 4 is 0 Å². The van der Waals surface area contributed by atoms with Gasteiger partial charge in [0.25, 0.3) is 0 Å². The lowest BCUT2D eigenvalue weighted by Gasteiger charge is -2.45. The third kappa shape index (κ3) is 2.22. The van der Waals surface area contributed by atoms with Gasteiger partial charge in [-0.25, -0.2) is 4.68 Å². The van der Waals surface area contributed by atoms with Gasteiger partial charge in [-0.1, -0.05) is 13.8 Å². The topological polar surface area (TPSA) is 67.1 Å². The van der Waals surface area contributed by atoms with E-state index in [0.29, 0.717) is 0 Å². The van der Waals surface area contributed by atoms with Crippen molar-refractivity contribution in [3.05, 3.63) is 5.82 Å². The summed E-state index contributed by atoms with van der Waals surface area (Å²) in [5.41, 5.74) is -0.483. The van der Waals surface area contributed by atoms with Gasteiger partial charge in [-0.3, -0.25) is 4.90 Å². The molecule has 0 unspecified atom stereocenters. The summed E-state index contributed by atoms with van der Waals surface area (Å²) < 4.78 is 1.84. The zero-order chi connectivity index (χ0) is 11.6. The summed E-state index contributed by atoms with van der Waals surface area (Å²) in [7, 11) is 0. The first-order chi connectivity index (χ1) is 7.67. The first kappa shape index (κ1) is 11.5. The van der Waals surface area contributed by atoms with Crippen LogP contribution in [0.15, 0.2) is 0 Å². The van der Waals surface area contributed by atoms with Crippen molar-refractivity contribution in [3.63, 3.8) is 0 Å². The van der Waals surface area contributed by atoms with Crippen LogP contribution < -0.4 is 0 Å². The molecule has 0 amide bonds.